The molecule has 2 saturated heterocycles. The summed E-state index contributed by atoms with van der Waals surface area (Å²) in [6.07, 6.45) is 2.53. The zero-order valence-corrected chi connectivity index (χ0v) is 19.0. The molecule has 4 rings (SSSR count). The predicted molar refractivity (Wildman–Crippen MR) is 116 cm³/mol. The van der Waals surface area contributed by atoms with Crippen molar-refractivity contribution in [3.05, 3.63) is 24.0 Å². The van der Waals surface area contributed by atoms with Crippen molar-refractivity contribution in [1.82, 2.24) is 19.8 Å². The Hall–Kier alpha value is -3.24. The lowest BCUT2D eigenvalue weighted by Gasteiger charge is -2.39. The second kappa shape index (κ2) is 7.96. The van der Waals surface area contributed by atoms with E-state index in [4.69, 9.17) is 4.74 Å². The number of nitrogens with one attached hydrogen (secondary N) is 1. The minimum absolute atomic E-state index is 0.0372. The summed E-state index contributed by atoms with van der Waals surface area (Å²) in [5, 5.41) is 2.90. The fourth-order valence-electron chi connectivity index (χ4n) is 4.23. The highest BCUT2D eigenvalue weighted by Gasteiger charge is 2.48. The minimum Gasteiger partial charge on any atom is -0.444 e. The Morgan fingerprint density at radius 3 is 2.64 bits per heavy atom. The van der Waals surface area contributed by atoms with Gasteiger partial charge in [0.25, 0.3) is 5.92 Å². The van der Waals surface area contributed by atoms with Crippen LogP contribution >= 0.6 is 0 Å². The fourth-order valence-corrected chi connectivity index (χ4v) is 4.23. The lowest BCUT2D eigenvalue weighted by molar-refractivity contribution is -0.120. The van der Waals surface area contributed by atoms with Crippen LogP contribution in [-0.2, 0) is 9.53 Å². The molecule has 1 atom stereocenters. The van der Waals surface area contributed by atoms with Crippen molar-refractivity contribution in [2.45, 2.75) is 58.1 Å². The Kier molecular flexibility index (Phi) is 5.53. The first-order valence-corrected chi connectivity index (χ1v) is 10.8. The summed E-state index contributed by atoms with van der Waals surface area (Å²) in [5.74, 6) is -3.53. The number of aryl methyl sites for hydroxylation is 1. The molecule has 4 amide bonds. The first kappa shape index (κ1) is 22.9. The molecule has 2 aromatic heterocycles. The number of urea groups is 1. The molecule has 0 saturated carbocycles. The third-order valence-corrected chi connectivity index (χ3v) is 5.77. The van der Waals surface area contributed by atoms with Crippen LogP contribution < -0.4 is 10.2 Å². The average Bonchev–Trinajstić information content (AvgIpc) is 3.01. The van der Waals surface area contributed by atoms with Crippen molar-refractivity contribution >= 4 is 34.8 Å². The van der Waals surface area contributed by atoms with Crippen LogP contribution in [0.15, 0.2) is 18.5 Å². The van der Waals surface area contributed by atoms with E-state index >= 15 is 8.78 Å². The highest BCUT2D eigenvalue weighted by atomic mass is 19.3. The molecule has 0 aromatic carbocycles. The van der Waals surface area contributed by atoms with Gasteiger partial charge >= 0.3 is 12.1 Å². The van der Waals surface area contributed by atoms with Gasteiger partial charge in [-0.2, -0.15) is 0 Å². The summed E-state index contributed by atoms with van der Waals surface area (Å²) in [6, 6.07) is 0.00418. The number of halogens is 2. The molecule has 0 aliphatic carbocycles. The van der Waals surface area contributed by atoms with Crippen LogP contribution in [0.5, 0.6) is 0 Å². The number of hydrogen-bond donors (Lipinski definition) is 1. The number of fused-ring (bicyclic) bond motifs is 1. The number of nitrogens with zero attached hydrogens (tertiary/aromatic N) is 4. The van der Waals surface area contributed by atoms with Gasteiger partial charge in [0.1, 0.15) is 17.3 Å². The summed E-state index contributed by atoms with van der Waals surface area (Å²) >= 11 is 0. The van der Waals surface area contributed by atoms with E-state index in [2.05, 4.69) is 10.3 Å². The van der Waals surface area contributed by atoms with E-state index in [-0.39, 0.29) is 31.8 Å². The van der Waals surface area contributed by atoms with Crippen molar-refractivity contribution in [2.24, 2.45) is 0 Å². The number of carbonyl (C=O) groups is 3. The van der Waals surface area contributed by atoms with Crippen molar-refractivity contribution in [3.8, 4) is 0 Å². The number of ether oxygens (including phenoxy) is 1. The Morgan fingerprint density at radius 1 is 1.27 bits per heavy atom. The summed E-state index contributed by atoms with van der Waals surface area (Å²) < 4.78 is 37.1. The molecule has 0 spiro atoms. The Bertz CT molecular complexity index is 1120. The number of imide groups is 1. The Balaban J connectivity index is 1.59. The van der Waals surface area contributed by atoms with E-state index in [1.54, 1.807) is 40.0 Å². The third kappa shape index (κ3) is 4.49. The number of carbonyl (C=O) groups excluding carboxylic acids is 3. The maximum atomic E-state index is 15.2. The SMILES string of the molecule is Cc1cn(C2CCN(C(=O)OC(C)(C)C)CC2(F)F)c2ncc(N3CCC(=O)NC3=O)cc12. The number of piperidine rings is 1. The van der Waals surface area contributed by atoms with Gasteiger partial charge in [0.2, 0.25) is 5.91 Å². The van der Waals surface area contributed by atoms with Gasteiger partial charge in [0.15, 0.2) is 0 Å². The van der Waals surface area contributed by atoms with E-state index < -0.39 is 36.2 Å². The largest absolute Gasteiger partial charge is 0.444 e. The van der Waals surface area contributed by atoms with Gasteiger partial charge in [-0.25, -0.2) is 23.4 Å². The molecule has 2 aliphatic rings. The van der Waals surface area contributed by atoms with E-state index in [0.29, 0.717) is 16.7 Å². The van der Waals surface area contributed by atoms with Crippen LogP contribution in [-0.4, -0.2) is 63.6 Å². The quantitative estimate of drug-likeness (QED) is 0.734. The van der Waals surface area contributed by atoms with Crippen molar-refractivity contribution in [1.29, 1.82) is 0 Å². The van der Waals surface area contributed by atoms with Crippen molar-refractivity contribution < 1.29 is 27.9 Å². The highest BCUT2D eigenvalue weighted by molar-refractivity contribution is 6.06. The summed E-state index contributed by atoms with van der Waals surface area (Å²) in [5.41, 5.74) is 0.829. The molecule has 0 radical (unpaired) electrons. The maximum absolute atomic E-state index is 15.2. The lowest BCUT2D eigenvalue weighted by atomic mass is 10.0. The van der Waals surface area contributed by atoms with Gasteiger partial charge in [-0.3, -0.25) is 15.0 Å². The van der Waals surface area contributed by atoms with Gasteiger partial charge in [-0.15, -0.1) is 0 Å². The lowest BCUT2D eigenvalue weighted by Crippen LogP contribution is -2.52. The van der Waals surface area contributed by atoms with Crippen LogP contribution in [0.25, 0.3) is 11.0 Å². The molecule has 1 N–H and O–H groups in total. The maximum Gasteiger partial charge on any atom is 0.410 e. The molecule has 4 heterocycles. The van der Waals surface area contributed by atoms with Gasteiger partial charge in [0, 0.05) is 31.1 Å². The smallest absolute Gasteiger partial charge is 0.410 e. The highest BCUT2D eigenvalue weighted by Crippen LogP contribution is 2.40. The monoisotopic (exact) mass is 463 g/mol. The standard InChI is InChI=1S/C22H27F2N5O4/c1-13-11-29(16-5-7-27(12-22(16,23)24)20(32)33-21(2,3)4)18-15(13)9-14(10-25-18)28-8-6-17(30)26-19(28)31/h9-11,16H,5-8,12H2,1-4H3,(H,26,30,31). The van der Waals surface area contributed by atoms with Gasteiger partial charge in [-0.05, 0) is 45.7 Å². The van der Waals surface area contributed by atoms with Crippen LogP contribution in [0.3, 0.4) is 0 Å². The molecule has 1 unspecified atom stereocenters. The van der Waals surface area contributed by atoms with Crippen molar-refractivity contribution in [2.75, 3.05) is 24.5 Å². The molecule has 2 fully saturated rings. The number of amides is 4. The van der Waals surface area contributed by atoms with Crippen molar-refractivity contribution in [3.63, 3.8) is 0 Å². The number of anilines is 1. The summed E-state index contributed by atoms with van der Waals surface area (Å²) in [4.78, 5) is 42.7. The second-order valence-electron chi connectivity index (χ2n) is 9.51. The van der Waals surface area contributed by atoms with Crippen LogP contribution in [0.4, 0.5) is 24.1 Å². The molecule has 2 aromatic rings. The van der Waals surface area contributed by atoms with Crippen LogP contribution in [0.2, 0.25) is 0 Å². The Labute approximate surface area is 189 Å². The van der Waals surface area contributed by atoms with E-state index in [9.17, 15) is 14.4 Å². The number of rotatable bonds is 2. The normalized spacial score (nSPS) is 21.3. The van der Waals surface area contributed by atoms with E-state index in [1.165, 1.54) is 15.7 Å². The molecule has 33 heavy (non-hydrogen) atoms. The molecule has 178 valence electrons. The summed E-state index contributed by atoms with van der Waals surface area (Å²) in [7, 11) is 0. The van der Waals surface area contributed by atoms with Crippen LogP contribution in [0.1, 0.15) is 45.2 Å². The van der Waals surface area contributed by atoms with Gasteiger partial charge in [-0.1, -0.05) is 0 Å². The zero-order valence-electron chi connectivity index (χ0n) is 19.0. The first-order valence-electron chi connectivity index (χ1n) is 10.8. The summed E-state index contributed by atoms with van der Waals surface area (Å²) in [6.45, 7) is 6.47. The predicted octanol–water partition coefficient (Wildman–Crippen LogP) is 3.61. The van der Waals surface area contributed by atoms with Gasteiger partial charge < -0.3 is 14.2 Å². The van der Waals surface area contributed by atoms with Crippen LogP contribution in [0, 0.1) is 6.92 Å². The van der Waals surface area contributed by atoms with E-state index in [1.807, 2.05) is 0 Å². The topological polar surface area (TPSA) is 96.8 Å². The zero-order chi connectivity index (χ0) is 24.1. The number of pyridine rings is 1. The number of likely N-dealkylation sites (tertiary alicyclic amines) is 1. The number of aromatic nitrogens is 2. The van der Waals surface area contributed by atoms with E-state index in [0.717, 1.165) is 10.5 Å². The number of alkyl halides is 2. The Morgan fingerprint density at radius 2 is 2.00 bits per heavy atom. The second-order valence-corrected chi connectivity index (χ2v) is 9.51. The average molecular weight is 463 g/mol. The molecule has 9 nitrogen and oxygen atoms in total. The fraction of sp³-hybridized carbons (Fsp3) is 0.545. The van der Waals surface area contributed by atoms with Gasteiger partial charge in [0.05, 0.1) is 18.4 Å². The molecular weight excluding hydrogens is 436 g/mol. The molecule has 2 aliphatic heterocycles. The molecule has 11 heteroatoms. The third-order valence-electron chi connectivity index (χ3n) is 5.77. The molecule has 0 bridgehead atoms. The minimum atomic E-state index is -3.19. The molecular formula is C22H27F2N5O4. The number of hydrogen-bond acceptors (Lipinski definition) is 5. The first-order chi connectivity index (χ1) is 15.4.